The summed E-state index contributed by atoms with van der Waals surface area (Å²) in [5.74, 6) is 0.983. The van der Waals surface area contributed by atoms with Crippen LogP contribution in [0, 0.1) is 5.92 Å². The van der Waals surface area contributed by atoms with Gasteiger partial charge in [0.25, 0.3) is 0 Å². The van der Waals surface area contributed by atoms with Crippen LogP contribution >= 0.6 is 15.9 Å². The lowest BCUT2D eigenvalue weighted by Crippen LogP contribution is -2.49. The molecule has 0 saturated carbocycles. The SMILES string of the molecule is CC(CC(=O)N1CCC(C)C(N)C1)c1ccc(Br)cc1. The molecule has 1 aromatic carbocycles. The molecule has 3 atom stereocenters. The lowest BCUT2D eigenvalue weighted by Gasteiger charge is -2.35. The molecular weight excluding hydrogens is 316 g/mol. The fourth-order valence-corrected chi connectivity index (χ4v) is 2.89. The molecule has 110 valence electrons. The molecule has 1 fully saturated rings. The number of amides is 1. The predicted molar refractivity (Wildman–Crippen MR) is 85.5 cm³/mol. The van der Waals surface area contributed by atoms with Crippen molar-refractivity contribution in [1.29, 1.82) is 0 Å². The number of halogens is 1. The smallest absolute Gasteiger partial charge is 0.223 e. The van der Waals surface area contributed by atoms with Gasteiger partial charge < -0.3 is 10.6 Å². The van der Waals surface area contributed by atoms with Crippen molar-refractivity contribution in [3.05, 3.63) is 34.3 Å². The molecule has 0 radical (unpaired) electrons. The molecule has 20 heavy (non-hydrogen) atoms. The lowest BCUT2D eigenvalue weighted by atomic mass is 9.92. The van der Waals surface area contributed by atoms with E-state index in [4.69, 9.17) is 5.73 Å². The van der Waals surface area contributed by atoms with Gasteiger partial charge in [0.1, 0.15) is 0 Å². The van der Waals surface area contributed by atoms with E-state index in [2.05, 4.69) is 41.9 Å². The van der Waals surface area contributed by atoms with Crippen LogP contribution < -0.4 is 5.73 Å². The Hall–Kier alpha value is -0.870. The van der Waals surface area contributed by atoms with Gasteiger partial charge in [0, 0.05) is 30.0 Å². The topological polar surface area (TPSA) is 46.3 Å². The minimum absolute atomic E-state index is 0.121. The van der Waals surface area contributed by atoms with Crippen molar-refractivity contribution >= 4 is 21.8 Å². The second kappa shape index (κ2) is 6.72. The number of carbonyl (C=O) groups is 1. The van der Waals surface area contributed by atoms with Crippen molar-refractivity contribution in [2.45, 2.75) is 38.6 Å². The molecule has 0 bridgehead atoms. The summed E-state index contributed by atoms with van der Waals surface area (Å²) in [6.45, 7) is 5.82. The molecule has 1 aliphatic rings. The lowest BCUT2D eigenvalue weighted by molar-refractivity contribution is -0.133. The maximum Gasteiger partial charge on any atom is 0.223 e. The van der Waals surface area contributed by atoms with Gasteiger partial charge in [-0.05, 0) is 36.0 Å². The second-order valence-electron chi connectivity index (χ2n) is 5.93. The van der Waals surface area contributed by atoms with Crippen molar-refractivity contribution in [3.63, 3.8) is 0 Å². The van der Waals surface area contributed by atoms with E-state index >= 15 is 0 Å². The zero-order valence-corrected chi connectivity index (χ0v) is 13.8. The summed E-state index contributed by atoms with van der Waals surface area (Å²) >= 11 is 3.43. The summed E-state index contributed by atoms with van der Waals surface area (Å²) in [6, 6.07) is 8.32. The normalized spacial score (nSPS) is 24.5. The summed E-state index contributed by atoms with van der Waals surface area (Å²) in [5.41, 5.74) is 7.27. The zero-order chi connectivity index (χ0) is 14.7. The molecule has 1 heterocycles. The highest BCUT2D eigenvalue weighted by molar-refractivity contribution is 9.10. The van der Waals surface area contributed by atoms with Crippen LogP contribution in [0.5, 0.6) is 0 Å². The quantitative estimate of drug-likeness (QED) is 0.920. The predicted octanol–water partition coefficient (Wildman–Crippen LogP) is 3.14. The Morgan fingerprint density at radius 1 is 1.45 bits per heavy atom. The number of likely N-dealkylation sites (tertiary alicyclic amines) is 1. The Labute approximate surface area is 129 Å². The first kappa shape index (κ1) is 15.5. The fraction of sp³-hybridized carbons (Fsp3) is 0.562. The Morgan fingerprint density at radius 2 is 2.10 bits per heavy atom. The van der Waals surface area contributed by atoms with Crippen LogP contribution in [-0.2, 0) is 4.79 Å². The molecule has 1 amide bonds. The van der Waals surface area contributed by atoms with Crippen molar-refractivity contribution in [3.8, 4) is 0 Å². The Bertz CT molecular complexity index is 460. The van der Waals surface area contributed by atoms with E-state index in [-0.39, 0.29) is 17.9 Å². The summed E-state index contributed by atoms with van der Waals surface area (Å²) in [4.78, 5) is 14.3. The molecule has 1 aliphatic heterocycles. The highest BCUT2D eigenvalue weighted by Gasteiger charge is 2.27. The number of hydrogen-bond donors (Lipinski definition) is 1. The number of nitrogens with zero attached hydrogens (tertiary/aromatic N) is 1. The molecule has 1 saturated heterocycles. The van der Waals surface area contributed by atoms with E-state index in [0.717, 1.165) is 17.4 Å². The Balaban J connectivity index is 1.92. The van der Waals surface area contributed by atoms with E-state index in [1.165, 1.54) is 5.56 Å². The third kappa shape index (κ3) is 3.83. The van der Waals surface area contributed by atoms with Gasteiger partial charge in [-0.25, -0.2) is 0 Å². The van der Waals surface area contributed by atoms with Gasteiger partial charge >= 0.3 is 0 Å². The van der Waals surface area contributed by atoms with E-state index in [9.17, 15) is 4.79 Å². The van der Waals surface area contributed by atoms with Gasteiger partial charge in [0.2, 0.25) is 5.91 Å². The summed E-state index contributed by atoms with van der Waals surface area (Å²) in [5, 5.41) is 0. The van der Waals surface area contributed by atoms with Crippen LogP contribution in [0.15, 0.2) is 28.7 Å². The number of hydrogen-bond acceptors (Lipinski definition) is 2. The van der Waals surface area contributed by atoms with Gasteiger partial charge in [0.15, 0.2) is 0 Å². The molecule has 4 heteroatoms. The van der Waals surface area contributed by atoms with Crippen LogP contribution in [-0.4, -0.2) is 29.9 Å². The van der Waals surface area contributed by atoms with Crippen LogP contribution in [0.3, 0.4) is 0 Å². The minimum atomic E-state index is 0.121. The highest BCUT2D eigenvalue weighted by atomic mass is 79.9. The first-order valence-electron chi connectivity index (χ1n) is 7.26. The van der Waals surface area contributed by atoms with Gasteiger partial charge in [0.05, 0.1) is 0 Å². The molecular formula is C16H23BrN2O. The van der Waals surface area contributed by atoms with Crippen LogP contribution in [0.2, 0.25) is 0 Å². The van der Waals surface area contributed by atoms with Gasteiger partial charge in [-0.15, -0.1) is 0 Å². The molecule has 3 nitrogen and oxygen atoms in total. The van der Waals surface area contributed by atoms with Gasteiger partial charge in [-0.3, -0.25) is 4.79 Å². The van der Waals surface area contributed by atoms with E-state index in [1.54, 1.807) is 0 Å². The van der Waals surface area contributed by atoms with E-state index in [1.807, 2.05) is 17.0 Å². The highest BCUT2D eigenvalue weighted by Crippen LogP contribution is 2.23. The van der Waals surface area contributed by atoms with Crippen molar-refractivity contribution in [2.24, 2.45) is 11.7 Å². The van der Waals surface area contributed by atoms with Gasteiger partial charge in [-0.1, -0.05) is 41.9 Å². The number of nitrogens with two attached hydrogens (primary N) is 1. The summed E-state index contributed by atoms with van der Waals surface area (Å²) in [6.07, 6.45) is 1.57. The fourth-order valence-electron chi connectivity index (χ4n) is 2.63. The minimum Gasteiger partial charge on any atom is -0.341 e. The molecule has 0 spiro atoms. The monoisotopic (exact) mass is 338 g/mol. The van der Waals surface area contributed by atoms with E-state index < -0.39 is 0 Å². The van der Waals surface area contributed by atoms with Crippen molar-refractivity contribution in [1.82, 2.24) is 4.90 Å². The molecule has 0 aliphatic carbocycles. The largest absolute Gasteiger partial charge is 0.341 e. The summed E-state index contributed by atoms with van der Waals surface area (Å²) < 4.78 is 1.07. The average molecular weight is 339 g/mol. The first-order valence-corrected chi connectivity index (χ1v) is 8.05. The molecule has 2 N–H and O–H groups in total. The van der Waals surface area contributed by atoms with Crippen molar-refractivity contribution < 1.29 is 4.79 Å². The van der Waals surface area contributed by atoms with Crippen LogP contribution in [0.4, 0.5) is 0 Å². The van der Waals surface area contributed by atoms with Gasteiger partial charge in [-0.2, -0.15) is 0 Å². The third-order valence-electron chi connectivity index (χ3n) is 4.29. The van der Waals surface area contributed by atoms with Crippen LogP contribution in [0.25, 0.3) is 0 Å². The third-order valence-corrected chi connectivity index (χ3v) is 4.82. The first-order chi connectivity index (χ1) is 9.47. The maximum atomic E-state index is 12.4. The molecule has 1 aromatic rings. The average Bonchev–Trinajstić information content (AvgIpc) is 2.42. The molecule has 0 aromatic heterocycles. The maximum absolute atomic E-state index is 12.4. The summed E-state index contributed by atoms with van der Waals surface area (Å²) in [7, 11) is 0. The van der Waals surface area contributed by atoms with E-state index in [0.29, 0.717) is 18.9 Å². The number of carbonyl (C=O) groups excluding carboxylic acids is 1. The van der Waals surface area contributed by atoms with Crippen molar-refractivity contribution in [2.75, 3.05) is 13.1 Å². The standard InChI is InChI=1S/C16H23BrN2O/c1-11-7-8-19(10-15(11)18)16(20)9-12(2)13-3-5-14(17)6-4-13/h3-6,11-12,15H,7-10,18H2,1-2H3. The number of rotatable bonds is 3. The molecule has 2 rings (SSSR count). The zero-order valence-electron chi connectivity index (χ0n) is 12.2. The molecule has 3 unspecified atom stereocenters. The van der Waals surface area contributed by atoms with Crippen LogP contribution in [0.1, 0.15) is 38.2 Å². The number of benzene rings is 1. The Morgan fingerprint density at radius 3 is 2.70 bits per heavy atom. The Kier molecular flexibility index (Phi) is 5.22. The second-order valence-corrected chi connectivity index (χ2v) is 6.84. The number of piperidine rings is 1.